The fraction of sp³-hybridized carbons (Fsp3) is 0.900. The zero-order valence-electron chi connectivity index (χ0n) is 8.73. The summed E-state index contributed by atoms with van der Waals surface area (Å²) in [5.41, 5.74) is -0.941. The predicted molar refractivity (Wildman–Crippen MR) is 47.5 cm³/mol. The second-order valence-corrected chi connectivity index (χ2v) is 4.55. The minimum atomic E-state index is -0.957. The van der Waals surface area contributed by atoms with Gasteiger partial charge in [-0.05, 0) is 11.8 Å². The van der Waals surface area contributed by atoms with Crippen LogP contribution >= 0.6 is 0 Å². The molecule has 0 aromatic heterocycles. The third-order valence-corrected chi connectivity index (χ3v) is 3.08. The number of rotatable bonds is 4. The van der Waals surface area contributed by atoms with Gasteiger partial charge in [0.15, 0.2) is 0 Å². The van der Waals surface area contributed by atoms with Crippen molar-refractivity contribution in [2.24, 2.45) is 10.8 Å². The summed E-state index contributed by atoms with van der Waals surface area (Å²) in [6.07, 6.45) is 1.91. The molecule has 2 heteroatoms. The van der Waals surface area contributed by atoms with Crippen molar-refractivity contribution >= 4 is 5.97 Å². The lowest BCUT2D eigenvalue weighted by atomic mass is 9.66. The van der Waals surface area contributed by atoms with Gasteiger partial charge in [-0.1, -0.05) is 41.0 Å². The van der Waals surface area contributed by atoms with Crippen LogP contribution in [0.5, 0.6) is 0 Å². The summed E-state index contributed by atoms with van der Waals surface area (Å²) in [6.45, 7) is 9.49. The van der Waals surface area contributed by atoms with Gasteiger partial charge in [0, 0.05) is 11.4 Å². The average Bonchev–Trinajstić information content (AvgIpc) is 1.86. The van der Waals surface area contributed by atoms with Crippen LogP contribution in [0.25, 0.3) is 0 Å². The first-order chi connectivity index (χ1) is 5.25. The Labute approximate surface area is 75.0 Å². The first-order valence-corrected chi connectivity index (χ1v) is 4.47. The van der Waals surface area contributed by atoms with Crippen LogP contribution in [0.15, 0.2) is 0 Å². The minimum absolute atomic E-state index is 0.194. The quantitative estimate of drug-likeness (QED) is 0.644. The lowest BCUT2D eigenvalue weighted by Crippen LogP contribution is -2.47. The Morgan fingerprint density at radius 3 is 1.92 bits per heavy atom. The van der Waals surface area contributed by atoms with Crippen molar-refractivity contribution in [2.75, 3.05) is 0 Å². The Morgan fingerprint density at radius 1 is 1.25 bits per heavy atom. The van der Waals surface area contributed by atoms with Gasteiger partial charge in [0.1, 0.15) is 0 Å². The van der Waals surface area contributed by atoms with E-state index < -0.39 is 11.4 Å². The standard InChI is InChI=1S/C10H20O2/c1-6-7-9(2,3)10(4,5)8(11)12/h6-7H2,1-5H3,(H,11,12)/p-1. The minimum Gasteiger partial charge on any atom is -0.550 e. The predicted octanol–water partition coefficient (Wildman–Crippen LogP) is 1.59. The van der Waals surface area contributed by atoms with Crippen LogP contribution in [-0.4, -0.2) is 5.97 Å². The molecule has 0 amide bonds. The highest BCUT2D eigenvalue weighted by atomic mass is 16.4. The van der Waals surface area contributed by atoms with Gasteiger partial charge in [0.05, 0.1) is 0 Å². The van der Waals surface area contributed by atoms with E-state index in [9.17, 15) is 9.90 Å². The van der Waals surface area contributed by atoms with E-state index in [0.29, 0.717) is 0 Å². The normalized spacial score (nSPS) is 13.1. The largest absolute Gasteiger partial charge is 0.550 e. The molecular weight excluding hydrogens is 152 g/mol. The maximum Gasteiger partial charge on any atom is 0.0476 e. The van der Waals surface area contributed by atoms with E-state index in [1.807, 2.05) is 13.8 Å². The van der Waals surface area contributed by atoms with Gasteiger partial charge < -0.3 is 9.90 Å². The Kier molecular flexibility index (Phi) is 3.31. The van der Waals surface area contributed by atoms with Crippen molar-refractivity contribution in [3.8, 4) is 0 Å². The molecule has 72 valence electrons. The van der Waals surface area contributed by atoms with E-state index in [0.717, 1.165) is 12.8 Å². The topological polar surface area (TPSA) is 40.1 Å². The number of carboxylic acid groups (broad SMARTS) is 1. The highest BCUT2D eigenvalue weighted by molar-refractivity contribution is 5.72. The molecule has 0 aliphatic heterocycles. The smallest absolute Gasteiger partial charge is 0.0476 e. The summed E-state index contributed by atoms with van der Waals surface area (Å²) in [6, 6.07) is 0. The second kappa shape index (κ2) is 3.46. The van der Waals surface area contributed by atoms with Crippen molar-refractivity contribution in [1.82, 2.24) is 0 Å². The van der Waals surface area contributed by atoms with Crippen LogP contribution in [0.2, 0.25) is 0 Å². The van der Waals surface area contributed by atoms with Crippen molar-refractivity contribution in [3.05, 3.63) is 0 Å². The van der Waals surface area contributed by atoms with Crippen molar-refractivity contribution in [2.45, 2.75) is 47.5 Å². The van der Waals surface area contributed by atoms with E-state index in [2.05, 4.69) is 6.92 Å². The molecule has 0 heterocycles. The molecule has 0 aromatic rings. The van der Waals surface area contributed by atoms with Gasteiger partial charge in [-0.15, -0.1) is 0 Å². The fourth-order valence-corrected chi connectivity index (χ4v) is 1.21. The Hall–Kier alpha value is -0.530. The lowest BCUT2D eigenvalue weighted by Gasteiger charge is -2.42. The van der Waals surface area contributed by atoms with E-state index in [1.165, 1.54) is 0 Å². The van der Waals surface area contributed by atoms with Crippen molar-refractivity contribution in [3.63, 3.8) is 0 Å². The molecule has 12 heavy (non-hydrogen) atoms. The zero-order chi connectivity index (χ0) is 9.99. The molecule has 0 unspecified atom stereocenters. The van der Waals surface area contributed by atoms with E-state index in [4.69, 9.17) is 0 Å². The van der Waals surface area contributed by atoms with Crippen LogP contribution < -0.4 is 5.11 Å². The van der Waals surface area contributed by atoms with Gasteiger partial charge >= 0.3 is 0 Å². The summed E-state index contributed by atoms with van der Waals surface area (Å²) in [5, 5.41) is 10.8. The van der Waals surface area contributed by atoms with Crippen molar-refractivity contribution in [1.29, 1.82) is 0 Å². The van der Waals surface area contributed by atoms with Crippen LogP contribution in [-0.2, 0) is 4.79 Å². The molecule has 0 bridgehead atoms. The summed E-state index contributed by atoms with van der Waals surface area (Å²) in [5.74, 6) is -0.957. The maximum atomic E-state index is 10.8. The fourth-order valence-electron chi connectivity index (χ4n) is 1.21. The number of hydrogen-bond acceptors (Lipinski definition) is 2. The van der Waals surface area contributed by atoms with E-state index in [-0.39, 0.29) is 5.41 Å². The van der Waals surface area contributed by atoms with Crippen LogP contribution in [0.4, 0.5) is 0 Å². The van der Waals surface area contributed by atoms with Gasteiger partial charge in [0.25, 0.3) is 0 Å². The molecular formula is C10H19O2-. The monoisotopic (exact) mass is 171 g/mol. The van der Waals surface area contributed by atoms with Crippen molar-refractivity contribution < 1.29 is 9.90 Å². The molecule has 0 N–H and O–H groups in total. The molecule has 0 saturated heterocycles. The van der Waals surface area contributed by atoms with Gasteiger partial charge in [-0.2, -0.15) is 0 Å². The number of carboxylic acids is 1. The highest BCUT2D eigenvalue weighted by Crippen LogP contribution is 2.41. The summed E-state index contributed by atoms with van der Waals surface area (Å²) in [4.78, 5) is 10.8. The number of hydrogen-bond donors (Lipinski definition) is 0. The third-order valence-electron chi connectivity index (χ3n) is 3.08. The number of carbonyl (C=O) groups is 1. The molecule has 0 fully saturated rings. The Morgan fingerprint density at radius 2 is 1.67 bits per heavy atom. The van der Waals surface area contributed by atoms with Crippen LogP contribution in [0, 0.1) is 10.8 Å². The summed E-state index contributed by atoms with van der Waals surface area (Å²) < 4.78 is 0. The first-order valence-electron chi connectivity index (χ1n) is 4.47. The van der Waals surface area contributed by atoms with Gasteiger partial charge in [-0.25, -0.2) is 0 Å². The van der Waals surface area contributed by atoms with E-state index in [1.54, 1.807) is 13.8 Å². The Bertz CT molecular complexity index is 169. The lowest BCUT2D eigenvalue weighted by molar-refractivity contribution is -0.323. The molecule has 0 spiro atoms. The molecule has 0 saturated carbocycles. The maximum absolute atomic E-state index is 10.8. The third kappa shape index (κ3) is 1.99. The summed E-state index contributed by atoms with van der Waals surface area (Å²) in [7, 11) is 0. The van der Waals surface area contributed by atoms with Gasteiger partial charge in [0.2, 0.25) is 0 Å². The molecule has 0 aliphatic rings. The number of carbonyl (C=O) groups excluding carboxylic acids is 1. The SMILES string of the molecule is CCCC(C)(C)C(C)(C)C(=O)[O-]. The molecule has 0 radical (unpaired) electrons. The first kappa shape index (κ1) is 11.5. The van der Waals surface area contributed by atoms with Crippen LogP contribution in [0.1, 0.15) is 47.5 Å². The summed E-state index contributed by atoms with van der Waals surface area (Å²) >= 11 is 0. The molecule has 0 atom stereocenters. The molecule has 2 nitrogen and oxygen atoms in total. The van der Waals surface area contributed by atoms with Gasteiger partial charge in [-0.3, -0.25) is 0 Å². The molecule has 0 aromatic carbocycles. The average molecular weight is 171 g/mol. The molecule has 0 aliphatic carbocycles. The Balaban J connectivity index is 4.62. The number of aliphatic carboxylic acids is 1. The van der Waals surface area contributed by atoms with Crippen LogP contribution in [0.3, 0.4) is 0 Å². The van der Waals surface area contributed by atoms with E-state index >= 15 is 0 Å². The highest BCUT2D eigenvalue weighted by Gasteiger charge is 2.37. The zero-order valence-corrected chi connectivity index (χ0v) is 8.73. The molecule has 0 rings (SSSR count). The second-order valence-electron chi connectivity index (χ2n) is 4.55.